The van der Waals surface area contributed by atoms with E-state index in [0.717, 1.165) is 30.5 Å². The van der Waals surface area contributed by atoms with Gasteiger partial charge in [0.15, 0.2) is 6.29 Å². The van der Waals surface area contributed by atoms with Crippen molar-refractivity contribution in [3.05, 3.63) is 33.2 Å². The molecule has 0 saturated heterocycles. The Kier molecular flexibility index (Phi) is 2.23. The summed E-state index contributed by atoms with van der Waals surface area (Å²) in [6, 6.07) is 1.73. The van der Waals surface area contributed by atoms with Crippen LogP contribution >= 0.6 is 0 Å². The Balaban J connectivity index is 2.51. The monoisotopic (exact) mass is 191 g/mol. The highest BCUT2D eigenvalue weighted by Crippen LogP contribution is 2.22. The molecule has 3 nitrogen and oxygen atoms in total. The minimum absolute atomic E-state index is 0.248. The average Bonchev–Trinajstić information content (AvgIpc) is 2.16. The molecule has 0 aliphatic heterocycles. The molecule has 2 rings (SSSR count). The van der Waals surface area contributed by atoms with Gasteiger partial charge in [0.2, 0.25) is 0 Å². The van der Waals surface area contributed by atoms with Gasteiger partial charge in [-0.1, -0.05) is 6.92 Å². The Morgan fingerprint density at radius 1 is 1.57 bits per heavy atom. The van der Waals surface area contributed by atoms with Crippen LogP contribution in [0.3, 0.4) is 0 Å². The number of aryl methyl sites for hydroxylation is 1. The third-order valence-corrected chi connectivity index (χ3v) is 2.83. The minimum Gasteiger partial charge on any atom is -0.325 e. The van der Waals surface area contributed by atoms with Crippen LogP contribution in [0.1, 0.15) is 35.0 Å². The van der Waals surface area contributed by atoms with E-state index in [9.17, 15) is 9.59 Å². The van der Waals surface area contributed by atoms with Crippen LogP contribution in [-0.4, -0.2) is 11.3 Å². The number of fused-ring (bicyclic) bond motifs is 1. The quantitative estimate of drug-likeness (QED) is 0.680. The molecule has 0 bridgehead atoms. The maximum Gasteiger partial charge on any atom is 0.258 e. The second-order valence-corrected chi connectivity index (χ2v) is 4.02. The van der Waals surface area contributed by atoms with Crippen LogP contribution in [0, 0.1) is 5.92 Å². The maximum atomic E-state index is 11.3. The summed E-state index contributed by atoms with van der Waals surface area (Å²) >= 11 is 0. The number of rotatable bonds is 1. The zero-order chi connectivity index (χ0) is 10.1. The fourth-order valence-electron chi connectivity index (χ4n) is 1.98. The van der Waals surface area contributed by atoms with Crippen molar-refractivity contribution in [1.82, 2.24) is 4.98 Å². The number of carbonyl (C=O) groups excluding carboxylic acids is 1. The first-order chi connectivity index (χ1) is 6.70. The third kappa shape index (κ3) is 1.50. The predicted octanol–water partition coefficient (Wildman–Crippen LogP) is 1.31. The molecule has 14 heavy (non-hydrogen) atoms. The van der Waals surface area contributed by atoms with E-state index in [0.29, 0.717) is 12.2 Å². The van der Waals surface area contributed by atoms with E-state index in [1.165, 1.54) is 0 Å². The second-order valence-electron chi connectivity index (χ2n) is 4.02. The minimum atomic E-state index is -0.257. The maximum absolute atomic E-state index is 11.3. The van der Waals surface area contributed by atoms with Crippen molar-refractivity contribution in [2.75, 3.05) is 0 Å². The van der Waals surface area contributed by atoms with E-state index in [1.54, 1.807) is 6.07 Å². The van der Waals surface area contributed by atoms with E-state index in [-0.39, 0.29) is 11.1 Å². The van der Waals surface area contributed by atoms with Crippen LogP contribution in [0.25, 0.3) is 0 Å². The van der Waals surface area contributed by atoms with Gasteiger partial charge in [-0.2, -0.15) is 0 Å². The number of pyridine rings is 1. The van der Waals surface area contributed by atoms with Gasteiger partial charge in [-0.25, -0.2) is 0 Å². The molecule has 0 saturated carbocycles. The summed E-state index contributed by atoms with van der Waals surface area (Å²) in [5.41, 5.74) is 2.13. The van der Waals surface area contributed by atoms with Gasteiger partial charge < -0.3 is 4.98 Å². The summed E-state index contributed by atoms with van der Waals surface area (Å²) in [7, 11) is 0. The number of hydrogen-bond donors (Lipinski definition) is 1. The molecule has 1 atom stereocenters. The molecule has 1 aliphatic carbocycles. The Hall–Kier alpha value is -1.38. The summed E-state index contributed by atoms with van der Waals surface area (Å²) in [6.45, 7) is 2.18. The van der Waals surface area contributed by atoms with Crippen LogP contribution in [0.2, 0.25) is 0 Å². The molecule has 1 aromatic heterocycles. The van der Waals surface area contributed by atoms with E-state index < -0.39 is 0 Å². The van der Waals surface area contributed by atoms with Crippen molar-refractivity contribution in [1.29, 1.82) is 0 Å². The Labute approximate surface area is 82.2 Å². The van der Waals surface area contributed by atoms with Crippen molar-refractivity contribution in [3.63, 3.8) is 0 Å². The first kappa shape index (κ1) is 9.19. The van der Waals surface area contributed by atoms with Gasteiger partial charge >= 0.3 is 0 Å². The topological polar surface area (TPSA) is 49.9 Å². The lowest BCUT2D eigenvalue weighted by Gasteiger charge is -2.20. The fraction of sp³-hybridized carbons (Fsp3) is 0.455. The summed E-state index contributed by atoms with van der Waals surface area (Å²) in [5.74, 6) is 0.625. The first-order valence-electron chi connectivity index (χ1n) is 4.91. The lowest BCUT2D eigenvalue weighted by Crippen LogP contribution is -2.21. The van der Waals surface area contributed by atoms with Gasteiger partial charge in [-0.15, -0.1) is 0 Å². The molecular formula is C11H13NO2. The SMILES string of the molecule is CC1CCc2cc(C=O)c(=O)[nH]c2C1. The normalized spacial score (nSPS) is 20.2. The molecule has 0 aromatic carbocycles. The summed E-state index contributed by atoms with van der Waals surface area (Å²) in [6.07, 6.45) is 3.65. The number of aromatic nitrogens is 1. The van der Waals surface area contributed by atoms with Crippen LogP contribution in [0.5, 0.6) is 0 Å². The molecule has 0 amide bonds. The van der Waals surface area contributed by atoms with E-state index in [2.05, 4.69) is 11.9 Å². The lowest BCUT2D eigenvalue weighted by molar-refractivity contribution is 0.112. The molecule has 1 unspecified atom stereocenters. The van der Waals surface area contributed by atoms with Crippen LogP contribution < -0.4 is 5.56 Å². The van der Waals surface area contributed by atoms with E-state index >= 15 is 0 Å². The van der Waals surface area contributed by atoms with E-state index in [1.807, 2.05) is 0 Å². The highest BCUT2D eigenvalue weighted by Gasteiger charge is 2.16. The first-order valence-corrected chi connectivity index (χ1v) is 4.91. The van der Waals surface area contributed by atoms with Crippen molar-refractivity contribution in [2.45, 2.75) is 26.2 Å². The molecule has 1 aromatic rings. The molecule has 3 heteroatoms. The molecule has 0 radical (unpaired) electrons. The predicted molar refractivity (Wildman–Crippen MR) is 53.6 cm³/mol. The zero-order valence-electron chi connectivity index (χ0n) is 8.17. The zero-order valence-corrected chi connectivity index (χ0v) is 8.17. The average molecular weight is 191 g/mol. The molecule has 74 valence electrons. The molecule has 0 spiro atoms. The standard InChI is InChI=1S/C11H13NO2/c1-7-2-3-8-5-9(6-13)11(14)12-10(8)4-7/h5-7H,2-4H2,1H3,(H,12,14). The number of H-pyrrole nitrogens is 1. The lowest BCUT2D eigenvalue weighted by atomic mass is 9.88. The van der Waals surface area contributed by atoms with Gasteiger partial charge in [0, 0.05) is 5.69 Å². The van der Waals surface area contributed by atoms with Gasteiger partial charge in [0.25, 0.3) is 5.56 Å². The molecule has 1 heterocycles. The molecule has 1 aliphatic rings. The van der Waals surface area contributed by atoms with Crippen molar-refractivity contribution in [2.24, 2.45) is 5.92 Å². The van der Waals surface area contributed by atoms with E-state index in [4.69, 9.17) is 0 Å². The molecule has 0 fully saturated rings. The smallest absolute Gasteiger partial charge is 0.258 e. The largest absolute Gasteiger partial charge is 0.325 e. The summed E-state index contributed by atoms with van der Waals surface area (Å²) in [5, 5.41) is 0. The number of hydrogen-bond acceptors (Lipinski definition) is 2. The second kappa shape index (κ2) is 3.40. The van der Waals surface area contributed by atoms with Crippen molar-refractivity contribution >= 4 is 6.29 Å². The Morgan fingerprint density at radius 3 is 3.07 bits per heavy atom. The number of carbonyl (C=O) groups is 1. The summed E-state index contributed by atoms with van der Waals surface area (Å²) < 4.78 is 0. The number of nitrogens with one attached hydrogen (secondary N) is 1. The molecular weight excluding hydrogens is 178 g/mol. The Morgan fingerprint density at radius 2 is 2.36 bits per heavy atom. The van der Waals surface area contributed by atoms with Gasteiger partial charge in [0.05, 0.1) is 5.56 Å². The van der Waals surface area contributed by atoms with Crippen molar-refractivity contribution in [3.8, 4) is 0 Å². The van der Waals surface area contributed by atoms with Gasteiger partial charge in [0.1, 0.15) is 0 Å². The van der Waals surface area contributed by atoms with Crippen LogP contribution in [0.15, 0.2) is 10.9 Å². The van der Waals surface area contributed by atoms with Crippen molar-refractivity contribution < 1.29 is 4.79 Å². The highest BCUT2D eigenvalue weighted by molar-refractivity contribution is 5.74. The Bertz CT molecular complexity index is 420. The third-order valence-electron chi connectivity index (χ3n) is 2.83. The van der Waals surface area contributed by atoms with Gasteiger partial charge in [-0.05, 0) is 36.8 Å². The van der Waals surface area contributed by atoms with Crippen LogP contribution in [-0.2, 0) is 12.8 Å². The highest BCUT2D eigenvalue weighted by atomic mass is 16.1. The number of aldehydes is 1. The fourth-order valence-corrected chi connectivity index (χ4v) is 1.98. The number of aromatic amines is 1. The van der Waals surface area contributed by atoms with Gasteiger partial charge in [-0.3, -0.25) is 9.59 Å². The molecule has 1 N–H and O–H groups in total. The summed E-state index contributed by atoms with van der Waals surface area (Å²) in [4.78, 5) is 24.7. The van der Waals surface area contributed by atoms with Crippen LogP contribution in [0.4, 0.5) is 0 Å².